The van der Waals surface area contributed by atoms with Crippen LogP contribution >= 0.6 is 0 Å². The zero-order valence-electron chi connectivity index (χ0n) is 28.8. The molecule has 0 unspecified atom stereocenters. The molecule has 7 rings (SSSR count). The Morgan fingerprint density at radius 1 is 1.02 bits per heavy atom. The van der Waals surface area contributed by atoms with Crippen molar-refractivity contribution in [3.05, 3.63) is 53.5 Å². The summed E-state index contributed by atoms with van der Waals surface area (Å²) in [6.07, 6.45) is 6.80. The molecule has 1 amide bonds. The molecule has 11 heteroatoms. The number of benzene rings is 1. The molecular formula is C36H49N9O2. The normalized spacial score (nSPS) is 19.4. The Kier molecular flexibility index (Phi) is 8.13. The monoisotopic (exact) mass is 639 g/mol. The van der Waals surface area contributed by atoms with E-state index in [1.54, 1.807) is 36.9 Å². The number of rotatable bonds is 7. The van der Waals surface area contributed by atoms with Crippen molar-refractivity contribution < 1.29 is 9.90 Å². The minimum Gasteiger partial charge on any atom is -0.389 e. The van der Waals surface area contributed by atoms with E-state index in [1.807, 2.05) is 31.5 Å². The molecule has 1 spiro atoms. The minimum absolute atomic E-state index is 0.277. The number of piperidine rings is 2. The highest BCUT2D eigenvalue weighted by atomic mass is 16.3. The molecule has 3 aliphatic heterocycles. The maximum absolute atomic E-state index is 13.7. The average molecular weight is 640 g/mol. The van der Waals surface area contributed by atoms with Gasteiger partial charge in [-0.25, -0.2) is 4.98 Å². The molecule has 0 saturated carbocycles. The van der Waals surface area contributed by atoms with E-state index in [1.165, 1.54) is 51.9 Å². The molecule has 0 aliphatic carbocycles. The first-order chi connectivity index (χ1) is 22.4. The lowest BCUT2D eigenvalue weighted by Gasteiger charge is -2.57. The van der Waals surface area contributed by atoms with Crippen LogP contribution in [0.1, 0.15) is 61.3 Å². The fourth-order valence-corrected chi connectivity index (χ4v) is 7.78. The van der Waals surface area contributed by atoms with Crippen molar-refractivity contribution in [3.63, 3.8) is 0 Å². The second-order valence-corrected chi connectivity index (χ2v) is 15.0. The number of nitrogens with zero attached hydrogens (tertiary/aromatic N) is 8. The fraction of sp³-hybridized carbons (Fsp3) is 0.556. The molecule has 3 fully saturated rings. The van der Waals surface area contributed by atoms with Gasteiger partial charge in [0.2, 0.25) is 5.95 Å². The third-order valence-electron chi connectivity index (χ3n) is 10.7. The number of aromatic nitrogens is 5. The maximum atomic E-state index is 13.7. The molecule has 11 nitrogen and oxygen atoms in total. The van der Waals surface area contributed by atoms with Crippen LogP contribution in [-0.4, -0.2) is 103 Å². The van der Waals surface area contributed by atoms with Crippen LogP contribution in [0, 0.1) is 19.3 Å². The van der Waals surface area contributed by atoms with Gasteiger partial charge in [-0.05, 0) is 109 Å². The first kappa shape index (κ1) is 31.8. The lowest BCUT2D eigenvalue weighted by atomic mass is 9.71. The molecule has 47 heavy (non-hydrogen) atoms. The van der Waals surface area contributed by atoms with Gasteiger partial charge >= 0.3 is 0 Å². The molecule has 3 aromatic heterocycles. The van der Waals surface area contributed by atoms with Crippen LogP contribution in [0.25, 0.3) is 22.3 Å². The third-order valence-corrected chi connectivity index (χ3v) is 10.7. The van der Waals surface area contributed by atoms with Crippen molar-refractivity contribution in [2.24, 2.45) is 12.5 Å². The zero-order valence-corrected chi connectivity index (χ0v) is 28.8. The topological polar surface area (TPSA) is 108 Å². The lowest BCUT2D eigenvalue weighted by molar-refractivity contribution is -0.0704. The second-order valence-electron chi connectivity index (χ2n) is 15.0. The quantitative estimate of drug-likeness (QED) is 0.305. The summed E-state index contributed by atoms with van der Waals surface area (Å²) >= 11 is 0. The van der Waals surface area contributed by atoms with E-state index in [4.69, 9.17) is 4.98 Å². The minimum atomic E-state index is -1.01. The smallest absolute Gasteiger partial charge is 0.258 e. The van der Waals surface area contributed by atoms with Crippen molar-refractivity contribution in [2.75, 3.05) is 56.5 Å². The Labute approximate surface area is 277 Å². The number of anilines is 2. The summed E-state index contributed by atoms with van der Waals surface area (Å²) in [5, 5.41) is 18.3. The summed E-state index contributed by atoms with van der Waals surface area (Å²) in [5.74, 6) is 0.137. The van der Waals surface area contributed by atoms with Gasteiger partial charge in [0.1, 0.15) is 0 Å². The van der Waals surface area contributed by atoms with Gasteiger partial charge in [0.15, 0.2) is 0 Å². The average Bonchev–Trinajstić information content (AvgIpc) is 3.53. The van der Waals surface area contributed by atoms with E-state index in [-0.39, 0.29) is 12.5 Å². The van der Waals surface area contributed by atoms with E-state index in [0.29, 0.717) is 28.7 Å². The number of aryl methyl sites for hydroxylation is 2. The fourth-order valence-electron chi connectivity index (χ4n) is 7.78. The SMILES string of the molecule is Cc1cc(C(=O)Nc2nc3ccc(N4CCC(N5CC6(CCN(C)CC6)C5)CC4)cc3n2CC(C)(C)O)cc(-c2cnn(C)c2C)n1. The number of likely N-dealkylation sites (tertiary alicyclic amines) is 2. The van der Waals surface area contributed by atoms with Gasteiger partial charge in [-0.1, -0.05) is 0 Å². The number of carbonyl (C=O) groups is 1. The van der Waals surface area contributed by atoms with E-state index < -0.39 is 5.60 Å². The molecule has 250 valence electrons. The van der Waals surface area contributed by atoms with Crippen LogP contribution in [-0.2, 0) is 13.6 Å². The molecular weight excluding hydrogens is 590 g/mol. The number of amides is 1. The summed E-state index contributed by atoms with van der Waals surface area (Å²) in [4.78, 5) is 30.9. The third kappa shape index (κ3) is 6.40. The van der Waals surface area contributed by atoms with Gasteiger partial charge in [-0.2, -0.15) is 5.10 Å². The summed E-state index contributed by atoms with van der Waals surface area (Å²) in [7, 11) is 4.13. The Hall–Kier alpha value is -3.80. The Morgan fingerprint density at radius 2 is 1.74 bits per heavy atom. The molecule has 0 atom stereocenters. The van der Waals surface area contributed by atoms with Gasteiger partial charge in [-0.15, -0.1) is 0 Å². The molecule has 2 N–H and O–H groups in total. The van der Waals surface area contributed by atoms with Crippen LogP contribution < -0.4 is 10.2 Å². The number of carbonyl (C=O) groups excluding carboxylic acids is 1. The van der Waals surface area contributed by atoms with E-state index in [9.17, 15) is 9.90 Å². The zero-order chi connectivity index (χ0) is 33.1. The van der Waals surface area contributed by atoms with Crippen LogP contribution in [0.15, 0.2) is 36.5 Å². The number of fused-ring (bicyclic) bond motifs is 1. The Bertz CT molecular complexity index is 1780. The van der Waals surface area contributed by atoms with E-state index in [0.717, 1.165) is 46.8 Å². The largest absolute Gasteiger partial charge is 0.389 e. The first-order valence-electron chi connectivity index (χ1n) is 17.1. The van der Waals surface area contributed by atoms with Crippen molar-refractivity contribution in [2.45, 2.75) is 71.6 Å². The molecule has 3 saturated heterocycles. The molecule has 4 aromatic rings. The van der Waals surface area contributed by atoms with Crippen molar-refractivity contribution in [1.82, 2.24) is 34.1 Å². The van der Waals surface area contributed by atoms with Crippen molar-refractivity contribution in [3.8, 4) is 11.3 Å². The Balaban J connectivity index is 1.08. The maximum Gasteiger partial charge on any atom is 0.258 e. The molecule has 0 bridgehead atoms. The summed E-state index contributed by atoms with van der Waals surface area (Å²) < 4.78 is 3.73. The van der Waals surface area contributed by atoms with Gasteiger partial charge < -0.3 is 19.5 Å². The number of aliphatic hydroxyl groups is 1. The van der Waals surface area contributed by atoms with Crippen molar-refractivity contribution in [1.29, 1.82) is 0 Å². The van der Waals surface area contributed by atoms with Crippen molar-refractivity contribution >= 4 is 28.6 Å². The van der Waals surface area contributed by atoms with Crippen LogP contribution in [0.3, 0.4) is 0 Å². The van der Waals surface area contributed by atoms with Crippen LogP contribution in [0.5, 0.6) is 0 Å². The second kappa shape index (κ2) is 12.0. The number of pyridine rings is 1. The van der Waals surface area contributed by atoms with Crippen LogP contribution in [0.4, 0.5) is 11.6 Å². The Morgan fingerprint density at radius 3 is 2.40 bits per heavy atom. The summed E-state index contributed by atoms with van der Waals surface area (Å²) in [6, 6.07) is 10.6. The lowest BCUT2D eigenvalue weighted by Crippen LogP contribution is -2.63. The predicted octanol–water partition coefficient (Wildman–Crippen LogP) is 4.47. The highest BCUT2D eigenvalue weighted by molar-refractivity contribution is 6.05. The van der Waals surface area contributed by atoms with E-state index in [2.05, 4.69) is 49.3 Å². The molecule has 6 heterocycles. The van der Waals surface area contributed by atoms with Gasteiger partial charge in [0.05, 0.1) is 35.1 Å². The highest BCUT2D eigenvalue weighted by Gasteiger charge is 2.46. The van der Waals surface area contributed by atoms with Crippen LogP contribution in [0.2, 0.25) is 0 Å². The van der Waals surface area contributed by atoms with Gasteiger partial charge in [0, 0.05) is 67.5 Å². The molecule has 3 aliphatic rings. The predicted molar refractivity (Wildman–Crippen MR) is 186 cm³/mol. The first-order valence-corrected chi connectivity index (χ1v) is 17.1. The number of hydrogen-bond acceptors (Lipinski definition) is 8. The van der Waals surface area contributed by atoms with Gasteiger partial charge in [0.25, 0.3) is 5.91 Å². The summed E-state index contributed by atoms with van der Waals surface area (Å²) in [6.45, 7) is 14.8. The highest BCUT2D eigenvalue weighted by Crippen LogP contribution is 2.42. The number of hydrogen-bond donors (Lipinski definition) is 2. The number of imidazole rings is 1. The molecule has 1 aromatic carbocycles. The van der Waals surface area contributed by atoms with E-state index >= 15 is 0 Å². The number of nitrogens with one attached hydrogen (secondary N) is 1. The summed E-state index contributed by atoms with van der Waals surface area (Å²) in [5.41, 5.74) is 6.19. The van der Waals surface area contributed by atoms with Gasteiger partial charge in [-0.3, -0.25) is 24.7 Å². The molecule has 0 radical (unpaired) electrons. The standard InChI is InChI=1S/C36H49N9O2/c1-24-17-26(18-31(38-24)29-20-37-42(6)25(29)2)33(46)40-34-39-30-8-7-28(19-32(30)45(34)21-35(3,4)47)43-13-9-27(10-14-43)44-22-36(23-44)11-15-41(5)16-12-36/h7-8,17-20,27,47H,9-16,21-23H2,1-6H3,(H,39,40,46).